The van der Waals surface area contributed by atoms with Crippen LogP contribution in [0, 0.1) is 10.1 Å². The summed E-state index contributed by atoms with van der Waals surface area (Å²) >= 11 is 3.11. The van der Waals surface area contributed by atoms with Gasteiger partial charge in [-0.2, -0.15) is 0 Å². The zero-order chi connectivity index (χ0) is 20.3. The van der Waals surface area contributed by atoms with E-state index in [0.29, 0.717) is 11.7 Å². The predicted molar refractivity (Wildman–Crippen MR) is 114 cm³/mol. The van der Waals surface area contributed by atoms with Crippen LogP contribution in [0.25, 0.3) is 10.2 Å². The van der Waals surface area contributed by atoms with Crippen LogP contribution in [0.15, 0.2) is 47.4 Å². The standard InChI is InChI=1S/C19H20N4O3S2/c1-21(2)9-10-22(18(24)13-5-4-6-14(11-13)23(25)26)19-20-16-8-7-15(27-3)12-17(16)28-19/h4-8,11-12H,9-10H2,1-3H3/p+1. The van der Waals surface area contributed by atoms with Crippen molar-refractivity contribution in [1.82, 2.24) is 4.98 Å². The fraction of sp³-hybridized carbons (Fsp3) is 0.263. The molecule has 0 spiro atoms. The smallest absolute Gasteiger partial charge is 0.270 e. The van der Waals surface area contributed by atoms with Gasteiger partial charge in [0.05, 0.1) is 42.3 Å². The third-order valence-electron chi connectivity index (χ3n) is 4.20. The number of nitrogens with one attached hydrogen (secondary N) is 1. The molecule has 1 N–H and O–H groups in total. The third kappa shape index (κ3) is 4.49. The molecule has 0 aliphatic carbocycles. The van der Waals surface area contributed by atoms with Gasteiger partial charge in [-0.25, -0.2) is 4.98 Å². The number of thiazole rings is 1. The Balaban J connectivity index is 2.00. The summed E-state index contributed by atoms with van der Waals surface area (Å²) in [7, 11) is 4.03. The second kappa shape index (κ2) is 8.68. The van der Waals surface area contributed by atoms with Crippen LogP contribution in [0.4, 0.5) is 10.8 Å². The Morgan fingerprint density at radius 1 is 1.29 bits per heavy atom. The molecule has 1 amide bonds. The number of rotatable bonds is 7. The summed E-state index contributed by atoms with van der Waals surface area (Å²) in [6.45, 7) is 1.20. The number of carbonyl (C=O) groups is 1. The molecule has 0 saturated carbocycles. The molecule has 1 aromatic heterocycles. The summed E-state index contributed by atoms with van der Waals surface area (Å²) in [5, 5.41) is 11.7. The van der Waals surface area contributed by atoms with Crippen LogP contribution in [0.1, 0.15) is 10.4 Å². The van der Waals surface area contributed by atoms with Crippen molar-refractivity contribution < 1.29 is 14.6 Å². The molecule has 0 atom stereocenters. The van der Waals surface area contributed by atoms with E-state index in [2.05, 4.69) is 11.1 Å². The molecule has 146 valence electrons. The molecule has 7 nitrogen and oxygen atoms in total. The van der Waals surface area contributed by atoms with Crippen molar-refractivity contribution in [2.75, 3.05) is 38.3 Å². The first kappa shape index (κ1) is 20.2. The number of likely N-dealkylation sites (N-methyl/N-ethyl adjacent to an activating group) is 1. The van der Waals surface area contributed by atoms with E-state index in [9.17, 15) is 14.9 Å². The zero-order valence-electron chi connectivity index (χ0n) is 15.8. The van der Waals surface area contributed by atoms with Crippen LogP contribution in [0.5, 0.6) is 0 Å². The molecule has 0 aliphatic heterocycles. The molecule has 3 aromatic rings. The van der Waals surface area contributed by atoms with Crippen LogP contribution in [0.2, 0.25) is 0 Å². The molecular weight excluding hydrogens is 396 g/mol. The first-order valence-electron chi connectivity index (χ1n) is 8.69. The van der Waals surface area contributed by atoms with Gasteiger partial charge in [-0.05, 0) is 30.5 Å². The van der Waals surface area contributed by atoms with E-state index in [1.807, 2.05) is 32.5 Å². The Morgan fingerprint density at radius 2 is 2.07 bits per heavy atom. The highest BCUT2D eigenvalue weighted by Gasteiger charge is 2.23. The van der Waals surface area contributed by atoms with Crippen molar-refractivity contribution >= 4 is 50.0 Å². The van der Waals surface area contributed by atoms with E-state index >= 15 is 0 Å². The van der Waals surface area contributed by atoms with Gasteiger partial charge < -0.3 is 4.90 Å². The van der Waals surface area contributed by atoms with Gasteiger partial charge >= 0.3 is 0 Å². The highest BCUT2D eigenvalue weighted by molar-refractivity contribution is 7.98. The molecule has 0 aliphatic rings. The maximum atomic E-state index is 13.2. The Hall–Kier alpha value is -2.49. The van der Waals surface area contributed by atoms with Crippen molar-refractivity contribution in [3.05, 3.63) is 58.1 Å². The summed E-state index contributed by atoms with van der Waals surface area (Å²) < 4.78 is 1.01. The lowest BCUT2D eigenvalue weighted by Gasteiger charge is -2.20. The maximum Gasteiger partial charge on any atom is 0.270 e. The van der Waals surface area contributed by atoms with Gasteiger partial charge in [0.1, 0.15) is 0 Å². The molecule has 9 heteroatoms. The number of carbonyl (C=O) groups excluding carboxylic acids is 1. The molecule has 0 bridgehead atoms. The number of hydrogen-bond acceptors (Lipinski definition) is 6. The van der Waals surface area contributed by atoms with E-state index in [0.717, 1.165) is 21.7 Å². The van der Waals surface area contributed by atoms with Crippen molar-refractivity contribution in [3.8, 4) is 0 Å². The average molecular weight is 418 g/mol. The van der Waals surface area contributed by atoms with E-state index in [4.69, 9.17) is 0 Å². The highest BCUT2D eigenvalue weighted by atomic mass is 32.2. The van der Waals surface area contributed by atoms with Crippen LogP contribution in [-0.2, 0) is 0 Å². The largest absolute Gasteiger partial charge is 0.338 e. The second-order valence-corrected chi connectivity index (χ2v) is 8.44. The lowest BCUT2D eigenvalue weighted by molar-refractivity contribution is -0.856. The Bertz CT molecular complexity index is 1020. The number of nitro groups is 1. The number of thioether (sulfide) groups is 1. The van der Waals surface area contributed by atoms with Gasteiger partial charge in [-0.3, -0.25) is 19.8 Å². The van der Waals surface area contributed by atoms with Crippen molar-refractivity contribution in [1.29, 1.82) is 0 Å². The quantitative estimate of drug-likeness (QED) is 0.363. The molecular formula is C19H21N4O3S2+. The number of fused-ring (bicyclic) bond motifs is 1. The summed E-state index contributed by atoms with van der Waals surface area (Å²) in [4.78, 5) is 32.4. The van der Waals surface area contributed by atoms with Crippen molar-refractivity contribution in [3.63, 3.8) is 0 Å². The first-order valence-corrected chi connectivity index (χ1v) is 10.7. The summed E-state index contributed by atoms with van der Waals surface area (Å²) in [6.07, 6.45) is 2.01. The number of quaternary nitrogens is 1. The molecule has 0 fully saturated rings. The highest BCUT2D eigenvalue weighted by Crippen LogP contribution is 2.32. The predicted octanol–water partition coefficient (Wildman–Crippen LogP) is 2.72. The number of nitrogens with zero attached hydrogens (tertiary/aromatic N) is 3. The zero-order valence-corrected chi connectivity index (χ0v) is 17.5. The molecule has 2 aromatic carbocycles. The average Bonchev–Trinajstić information content (AvgIpc) is 3.10. The van der Waals surface area contributed by atoms with Crippen molar-refractivity contribution in [2.45, 2.75) is 4.90 Å². The van der Waals surface area contributed by atoms with E-state index < -0.39 is 4.92 Å². The summed E-state index contributed by atoms with van der Waals surface area (Å²) in [6, 6.07) is 11.9. The number of amides is 1. The number of anilines is 1. The van der Waals surface area contributed by atoms with E-state index in [-0.39, 0.29) is 17.2 Å². The lowest BCUT2D eigenvalue weighted by atomic mass is 10.2. The molecule has 0 radical (unpaired) electrons. The lowest BCUT2D eigenvalue weighted by Crippen LogP contribution is -3.06. The number of benzene rings is 2. The summed E-state index contributed by atoms with van der Waals surface area (Å²) in [5.41, 5.74) is 1.02. The Morgan fingerprint density at radius 3 is 2.75 bits per heavy atom. The number of non-ortho nitro benzene ring substituents is 1. The van der Waals surface area contributed by atoms with Gasteiger partial charge in [0.25, 0.3) is 11.6 Å². The van der Waals surface area contributed by atoms with Crippen LogP contribution in [0.3, 0.4) is 0 Å². The fourth-order valence-corrected chi connectivity index (χ4v) is 4.21. The number of nitro benzene ring substituents is 1. The monoisotopic (exact) mass is 417 g/mol. The molecule has 0 saturated heterocycles. The van der Waals surface area contributed by atoms with Gasteiger partial charge in [0.15, 0.2) is 5.13 Å². The van der Waals surface area contributed by atoms with Gasteiger partial charge in [-0.1, -0.05) is 17.4 Å². The minimum Gasteiger partial charge on any atom is -0.338 e. The van der Waals surface area contributed by atoms with E-state index in [1.54, 1.807) is 22.7 Å². The molecule has 0 unspecified atom stereocenters. The SMILES string of the molecule is CSc1ccc2nc(N(CC[NH+](C)C)C(=O)c3cccc([N+](=O)[O-])c3)sc2c1. The fourth-order valence-electron chi connectivity index (χ4n) is 2.66. The maximum absolute atomic E-state index is 13.2. The molecule has 3 rings (SSSR count). The third-order valence-corrected chi connectivity index (χ3v) is 5.97. The van der Waals surface area contributed by atoms with E-state index in [1.165, 1.54) is 34.4 Å². The topological polar surface area (TPSA) is 80.8 Å². The van der Waals surface area contributed by atoms with Gasteiger partial charge in [0, 0.05) is 22.6 Å². The van der Waals surface area contributed by atoms with Gasteiger partial charge in [-0.15, -0.1) is 11.8 Å². The first-order chi connectivity index (χ1) is 13.4. The minimum absolute atomic E-state index is 0.0991. The van der Waals surface area contributed by atoms with Crippen LogP contribution >= 0.6 is 23.1 Å². The molecule has 28 heavy (non-hydrogen) atoms. The normalized spacial score (nSPS) is 11.1. The second-order valence-electron chi connectivity index (χ2n) is 6.55. The Labute approximate surface area is 171 Å². The Kier molecular flexibility index (Phi) is 6.28. The van der Waals surface area contributed by atoms with Crippen LogP contribution in [-0.4, -0.2) is 49.3 Å². The minimum atomic E-state index is -0.493. The van der Waals surface area contributed by atoms with Gasteiger partial charge in [0.2, 0.25) is 0 Å². The molecule has 1 heterocycles. The van der Waals surface area contributed by atoms with Crippen molar-refractivity contribution in [2.24, 2.45) is 0 Å². The number of aromatic nitrogens is 1. The van der Waals surface area contributed by atoms with Crippen LogP contribution < -0.4 is 9.80 Å². The number of hydrogen-bond donors (Lipinski definition) is 1. The summed E-state index contributed by atoms with van der Waals surface area (Å²) in [5.74, 6) is -0.283.